The molecule has 0 unspecified atom stereocenters. The number of morpholine rings is 1. The normalized spacial score (nSPS) is 15.6. The molecule has 0 atom stereocenters. The second-order valence-corrected chi connectivity index (χ2v) is 5.45. The first kappa shape index (κ1) is 14.8. The molecule has 1 aromatic heterocycles. The van der Waals surface area contributed by atoms with Crippen LogP contribution in [0, 0.1) is 0 Å². The maximum Gasteiger partial charge on any atom is 0.131 e. The molecule has 0 aliphatic carbocycles. The predicted octanol–water partition coefficient (Wildman–Crippen LogP) is 2.81. The number of nitrogens with two attached hydrogens (primary N) is 1. The highest BCUT2D eigenvalue weighted by Gasteiger charge is 2.11. The second-order valence-electron chi connectivity index (χ2n) is 5.45. The lowest BCUT2D eigenvalue weighted by molar-refractivity contribution is 0.0342. The SMILES string of the molecule is C=Cc1c(-c2ccc(CN3CCOCC3)cc2)ccnc1N. The van der Waals surface area contributed by atoms with Crippen molar-refractivity contribution >= 4 is 11.9 Å². The van der Waals surface area contributed by atoms with Gasteiger partial charge in [-0.3, -0.25) is 4.90 Å². The number of hydrogen-bond donors (Lipinski definition) is 1. The number of pyridine rings is 1. The van der Waals surface area contributed by atoms with Gasteiger partial charge < -0.3 is 10.5 Å². The molecule has 0 amide bonds. The lowest BCUT2D eigenvalue weighted by atomic mass is 9.99. The molecule has 2 N–H and O–H groups in total. The number of ether oxygens (including phenoxy) is 1. The van der Waals surface area contributed by atoms with Crippen LogP contribution in [0.5, 0.6) is 0 Å². The summed E-state index contributed by atoms with van der Waals surface area (Å²) < 4.78 is 5.38. The summed E-state index contributed by atoms with van der Waals surface area (Å²) in [5.74, 6) is 0.518. The minimum atomic E-state index is 0.518. The monoisotopic (exact) mass is 295 g/mol. The Morgan fingerprint density at radius 3 is 2.59 bits per heavy atom. The number of aromatic nitrogens is 1. The minimum absolute atomic E-state index is 0.518. The molecule has 4 nitrogen and oxygen atoms in total. The summed E-state index contributed by atoms with van der Waals surface area (Å²) in [5, 5.41) is 0. The number of hydrogen-bond acceptors (Lipinski definition) is 4. The van der Waals surface area contributed by atoms with Crippen molar-refractivity contribution in [1.82, 2.24) is 9.88 Å². The van der Waals surface area contributed by atoms with Crippen LogP contribution >= 0.6 is 0 Å². The molecule has 1 aliphatic rings. The van der Waals surface area contributed by atoms with Crippen molar-refractivity contribution in [1.29, 1.82) is 0 Å². The summed E-state index contributed by atoms with van der Waals surface area (Å²) in [6.07, 6.45) is 3.50. The topological polar surface area (TPSA) is 51.4 Å². The molecule has 0 saturated carbocycles. The van der Waals surface area contributed by atoms with Gasteiger partial charge in [0.05, 0.1) is 13.2 Å². The summed E-state index contributed by atoms with van der Waals surface area (Å²) in [6.45, 7) is 8.47. The van der Waals surface area contributed by atoms with Crippen molar-refractivity contribution in [2.24, 2.45) is 0 Å². The van der Waals surface area contributed by atoms with Gasteiger partial charge in [0.1, 0.15) is 5.82 Å². The Kier molecular flexibility index (Phi) is 4.51. The van der Waals surface area contributed by atoms with E-state index < -0.39 is 0 Å². The molecule has 0 bridgehead atoms. The van der Waals surface area contributed by atoms with Crippen LogP contribution < -0.4 is 5.73 Å². The summed E-state index contributed by atoms with van der Waals surface area (Å²) in [5.41, 5.74) is 10.3. The highest BCUT2D eigenvalue weighted by Crippen LogP contribution is 2.27. The van der Waals surface area contributed by atoms with Crippen molar-refractivity contribution in [3.8, 4) is 11.1 Å². The second kappa shape index (κ2) is 6.73. The lowest BCUT2D eigenvalue weighted by Crippen LogP contribution is -2.35. The smallest absolute Gasteiger partial charge is 0.131 e. The molecule has 3 rings (SSSR count). The van der Waals surface area contributed by atoms with Crippen LogP contribution in [0.1, 0.15) is 11.1 Å². The fraction of sp³-hybridized carbons (Fsp3) is 0.278. The fourth-order valence-corrected chi connectivity index (χ4v) is 2.76. The van der Waals surface area contributed by atoms with E-state index in [0.717, 1.165) is 49.5 Å². The molecule has 22 heavy (non-hydrogen) atoms. The molecule has 2 aromatic rings. The Morgan fingerprint density at radius 1 is 1.18 bits per heavy atom. The number of nitrogen functional groups attached to an aromatic ring is 1. The van der Waals surface area contributed by atoms with Gasteiger partial charge in [-0.15, -0.1) is 0 Å². The minimum Gasteiger partial charge on any atom is -0.383 e. The van der Waals surface area contributed by atoms with E-state index in [1.54, 1.807) is 12.3 Å². The van der Waals surface area contributed by atoms with Gasteiger partial charge in [0.2, 0.25) is 0 Å². The van der Waals surface area contributed by atoms with Crippen molar-refractivity contribution in [2.75, 3.05) is 32.0 Å². The van der Waals surface area contributed by atoms with Gasteiger partial charge in [-0.2, -0.15) is 0 Å². The van der Waals surface area contributed by atoms with E-state index in [0.29, 0.717) is 5.82 Å². The summed E-state index contributed by atoms with van der Waals surface area (Å²) in [4.78, 5) is 6.53. The Bertz CT molecular complexity index is 646. The molecular weight excluding hydrogens is 274 g/mol. The zero-order valence-electron chi connectivity index (χ0n) is 12.7. The van der Waals surface area contributed by atoms with Crippen molar-refractivity contribution < 1.29 is 4.74 Å². The Hall–Kier alpha value is -2.17. The largest absolute Gasteiger partial charge is 0.383 e. The van der Waals surface area contributed by atoms with Gasteiger partial charge in [0.25, 0.3) is 0 Å². The molecule has 1 aliphatic heterocycles. The van der Waals surface area contributed by atoms with Crippen LogP contribution in [0.15, 0.2) is 43.1 Å². The lowest BCUT2D eigenvalue weighted by Gasteiger charge is -2.26. The Labute approximate surface area is 131 Å². The standard InChI is InChI=1S/C18H21N3O/c1-2-16-17(7-8-20-18(16)19)15-5-3-14(4-6-15)13-21-9-11-22-12-10-21/h2-8H,1,9-13H2,(H2,19,20). The van der Waals surface area contributed by atoms with Crippen LogP contribution in [0.4, 0.5) is 5.82 Å². The highest BCUT2D eigenvalue weighted by molar-refractivity contribution is 5.79. The van der Waals surface area contributed by atoms with E-state index in [1.165, 1.54) is 5.56 Å². The van der Waals surface area contributed by atoms with Crippen molar-refractivity contribution in [2.45, 2.75) is 6.54 Å². The number of rotatable bonds is 4. The van der Waals surface area contributed by atoms with Gasteiger partial charge in [-0.1, -0.05) is 36.9 Å². The molecule has 4 heteroatoms. The Balaban J connectivity index is 1.79. The molecule has 114 valence electrons. The maximum atomic E-state index is 5.92. The first-order valence-electron chi connectivity index (χ1n) is 7.54. The van der Waals surface area contributed by atoms with E-state index >= 15 is 0 Å². The highest BCUT2D eigenvalue weighted by atomic mass is 16.5. The van der Waals surface area contributed by atoms with Gasteiger partial charge in [0.15, 0.2) is 0 Å². The van der Waals surface area contributed by atoms with Crippen LogP contribution in [0.25, 0.3) is 17.2 Å². The fourth-order valence-electron chi connectivity index (χ4n) is 2.76. The first-order valence-corrected chi connectivity index (χ1v) is 7.54. The van der Waals surface area contributed by atoms with Gasteiger partial charge >= 0.3 is 0 Å². The van der Waals surface area contributed by atoms with Crippen molar-refractivity contribution in [3.63, 3.8) is 0 Å². The average molecular weight is 295 g/mol. The molecule has 0 radical (unpaired) electrons. The molecular formula is C18H21N3O. The molecule has 2 heterocycles. The van der Waals surface area contributed by atoms with Crippen LogP contribution in [0.2, 0.25) is 0 Å². The first-order chi connectivity index (χ1) is 10.8. The van der Waals surface area contributed by atoms with E-state index in [-0.39, 0.29) is 0 Å². The average Bonchev–Trinajstić information content (AvgIpc) is 2.56. The third-order valence-corrected chi connectivity index (χ3v) is 4.00. The van der Waals surface area contributed by atoms with E-state index in [4.69, 9.17) is 10.5 Å². The van der Waals surface area contributed by atoms with Crippen LogP contribution in [-0.2, 0) is 11.3 Å². The summed E-state index contributed by atoms with van der Waals surface area (Å²) in [7, 11) is 0. The van der Waals surface area contributed by atoms with Gasteiger partial charge in [-0.05, 0) is 22.8 Å². The summed E-state index contributed by atoms with van der Waals surface area (Å²) >= 11 is 0. The van der Waals surface area contributed by atoms with Gasteiger partial charge in [-0.25, -0.2) is 4.98 Å². The maximum absolute atomic E-state index is 5.92. The van der Waals surface area contributed by atoms with Crippen molar-refractivity contribution in [3.05, 3.63) is 54.2 Å². The quantitative estimate of drug-likeness (QED) is 0.942. The third kappa shape index (κ3) is 3.18. The van der Waals surface area contributed by atoms with E-state index in [9.17, 15) is 0 Å². The van der Waals surface area contributed by atoms with Crippen LogP contribution in [0.3, 0.4) is 0 Å². The molecule has 1 aromatic carbocycles. The number of anilines is 1. The van der Waals surface area contributed by atoms with Crippen LogP contribution in [-0.4, -0.2) is 36.2 Å². The predicted molar refractivity (Wildman–Crippen MR) is 90.3 cm³/mol. The number of nitrogens with zero attached hydrogens (tertiary/aromatic N) is 2. The molecule has 1 fully saturated rings. The molecule has 0 spiro atoms. The zero-order chi connectivity index (χ0) is 15.4. The zero-order valence-corrected chi connectivity index (χ0v) is 12.7. The summed E-state index contributed by atoms with van der Waals surface area (Å²) in [6, 6.07) is 10.6. The third-order valence-electron chi connectivity index (χ3n) is 4.00. The van der Waals surface area contributed by atoms with E-state index in [1.807, 2.05) is 6.07 Å². The number of benzene rings is 1. The molecule has 1 saturated heterocycles. The van der Waals surface area contributed by atoms with Gasteiger partial charge in [0, 0.05) is 31.4 Å². The van der Waals surface area contributed by atoms with E-state index in [2.05, 4.69) is 40.7 Å². The Morgan fingerprint density at radius 2 is 1.91 bits per heavy atom.